The van der Waals surface area contributed by atoms with E-state index in [4.69, 9.17) is 4.99 Å². The van der Waals surface area contributed by atoms with Gasteiger partial charge >= 0.3 is 0 Å². The molecule has 0 atom stereocenters. The summed E-state index contributed by atoms with van der Waals surface area (Å²) >= 11 is 0. The maximum Gasteiger partial charge on any atom is 0.191 e. The Kier molecular flexibility index (Phi) is 10.3. The Labute approximate surface area is 196 Å². The van der Waals surface area contributed by atoms with Gasteiger partial charge in [0.2, 0.25) is 0 Å². The van der Waals surface area contributed by atoms with Crippen molar-refractivity contribution in [3.05, 3.63) is 36.0 Å². The molecule has 2 aromatic rings. The number of anilines is 1. The number of hydrogen-bond acceptors (Lipinski definition) is 6. The lowest BCUT2D eigenvalue weighted by Gasteiger charge is -2.33. The number of hydrogen-bond donors (Lipinski definition) is 2. The quantitative estimate of drug-likeness (QED) is 0.305. The van der Waals surface area contributed by atoms with Crippen LogP contribution in [0.15, 0.2) is 29.6 Å². The first kappa shape index (κ1) is 24.3. The molecular weight excluding hydrogens is 493 g/mol. The number of aromatic nitrogens is 4. The number of halogens is 1. The van der Waals surface area contributed by atoms with Crippen LogP contribution in [0.5, 0.6) is 0 Å². The van der Waals surface area contributed by atoms with E-state index in [1.54, 1.807) is 6.33 Å². The molecular formula is C20H34IN9. The van der Waals surface area contributed by atoms with E-state index in [-0.39, 0.29) is 24.0 Å². The molecule has 1 saturated heterocycles. The van der Waals surface area contributed by atoms with Gasteiger partial charge in [0.15, 0.2) is 5.96 Å². The lowest BCUT2D eigenvalue weighted by Crippen LogP contribution is -2.44. The number of nitrogens with zero attached hydrogens (tertiary/aromatic N) is 7. The third kappa shape index (κ3) is 7.08. The average molecular weight is 527 g/mol. The zero-order valence-corrected chi connectivity index (χ0v) is 20.5. The molecule has 0 amide bonds. The Morgan fingerprint density at radius 1 is 1.13 bits per heavy atom. The smallest absolute Gasteiger partial charge is 0.191 e. The molecule has 1 fully saturated rings. The third-order valence-electron chi connectivity index (χ3n) is 5.06. The fraction of sp³-hybridized carbons (Fsp3) is 0.600. The fourth-order valence-corrected chi connectivity index (χ4v) is 3.28. The van der Waals surface area contributed by atoms with Crippen molar-refractivity contribution in [3.63, 3.8) is 0 Å². The maximum atomic E-state index is 4.69. The highest BCUT2D eigenvalue weighted by atomic mass is 127. The van der Waals surface area contributed by atoms with Gasteiger partial charge in [0.1, 0.15) is 18.0 Å². The largest absolute Gasteiger partial charge is 0.357 e. The second kappa shape index (κ2) is 12.7. The van der Waals surface area contributed by atoms with Gasteiger partial charge in [-0.3, -0.25) is 0 Å². The van der Waals surface area contributed by atoms with Crippen molar-refractivity contribution in [1.82, 2.24) is 35.3 Å². The minimum atomic E-state index is 0. The molecule has 3 rings (SSSR count). The van der Waals surface area contributed by atoms with Crippen LogP contribution in [0.2, 0.25) is 0 Å². The molecule has 0 aliphatic carbocycles. The van der Waals surface area contributed by atoms with Gasteiger partial charge in [-0.15, -0.1) is 34.2 Å². The van der Waals surface area contributed by atoms with E-state index in [2.05, 4.69) is 73.2 Å². The van der Waals surface area contributed by atoms with Crippen molar-refractivity contribution in [2.45, 2.75) is 33.4 Å². The number of likely N-dealkylation sites (N-methyl/N-ethyl adjacent to an activating group) is 1. The lowest BCUT2D eigenvalue weighted by atomic mass is 10.2. The number of nitrogens with one attached hydrogen (secondary N) is 2. The van der Waals surface area contributed by atoms with Crippen LogP contribution in [0.3, 0.4) is 0 Å². The zero-order valence-electron chi connectivity index (χ0n) is 18.2. The Bertz CT molecular complexity index is 767. The lowest BCUT2D eigenvalue weighted by molar-refractivity contribution is 0.312. The summed E-state index contributed by atoms with van der Waals surface area (Å²) in [5.74, 6) is 2.86. The molecule has 2 aromatic heterocycles. The van der Waals surface area contributed by atoms with Crippen LogP contribution < -0.4 is 15.5 Å². The van der Waals surface area contributed by atoms with E-state index in [9.17, 15) is 0 Å². The van der Waals surface area contributed by atoms with E-state index in [0.717, 1.165) is 75.4 Å². The minimum Gasteiger partial charge on any atom is -0.357 e. The number of rotatable bonds is 8. The number of guanidine groups is 1. The molecule has 30 heavy (non-hydrogen) atoms. The van der Waals surface area contributed by atoms with E-state index < -0.39 is 0 Å². The zero-order chi connectivity index (χ0) is 20.5. The maximum absolute atomic E-state index is 4.69. The van der Waals surface area contributed by atoms with Crippen molar-refractivity contribution < 1.29 is 0 Å². The van der Waals surface area contributed by atoms with E-state index in [0.29, 0.717) is 6.54 Å². The number of aryl methyl sites for hydroxylation is 1. The fourth-order valence-electron chi connectivity index (χ4n) is 3.28. The Morgan fingerprint density at radius 3 is 2.60 bits per heavy atom. The summed E-state index contributed by atoms with van der Waals surface area (Å²) in [5, 5.41) is 14.8. The molecule has 1 aliphatic heterocycles. The molecule has 1 aliphatic rings. The van der Waals surface area contributed by atoms with E-state index in [1.807, 2.05) is 6.20 Å². The standard InChI is InChI=1S/C20H33N9.HI/c1-4-18-26-25-16-29(18)9-8-22-20(21-5-2)24-15-17-6-7-19(23-14-17)28-12-10-27(3)11-13-28;/h6-7,14,16H,4-5,8-13,15H2,1-3H3,(H2,21,22,24);1H. The average Bonchev–Trinajstić information content (AvgIpc) is 3.20. The summed E-state index contributed by atoms with van der Waals surface area (Å²) < 4.78 is 2.07. The molecule has 0 unspecified atom stereocenters. The molecule has 0 radical (unpaired) electrons. The van der Waals surface area contributed by atoms with Gasteiger partial charge < -0.3 is 25.0 Å². The van der Waals surface area contributed by atoms with Gasteiger partial charge in [0.05, 0.1) is 6.54 Å². The first-order valence-electron chi connectivity index (χ1n) is 10.5. The second-order valence-corrected chi connectivity index (χ2v) is 7.23. The highest BCUT2D eigenvalue weighted by molar-refractivity contribution is 14.0. The first-order valence-corrected chi connectivity index (χ1v) is 10.5. The van der Waals surface area contributed by atoms with Crippen molar-refractivity contribution in [2.24, 2.45) is 4.99 Å². The summed E-state index contributed by atoms with van der Waals surface area (Å²) in [6.45, 7) is 11.4. The highest BCUT2D eigenvalue weighted by Crippen LogP contribution is 2.14. The van der Waals surface area contributed by atoms with Gasteiger partial charge in [-0.25, -0.2) is 9.98 Å². The van der Waals surface area contributed by atoms with Crippen LogP contribution >= 0.6 is 24.0 Å². The van der Waals surface area contributed by atoms with Crippen molar-refractivity contribution in [2.75, 3.05) is 51.2 Å². The van der Waals surface area contributed by atoms with Gasteiger partial charge in [0.25, 0.3) is 0 Å². The van der Waals surface area contributed by atoms with Crippen LogP contribution in [0, 0.1) is 0 Å². The Hall–Kier alpha value is -1.95. The van der Waals surface area contributed by atoms with Crippen molar-refractivity contribution >= 4 is 35.8 Å². The Balaban J connectivity index is 0.00000320. The predicted octanol–water partition coefficient (Wildman–Crippen LogP) is 1.36. The monoisotopic (exact) mass is 527 g/mol. The van der Waals surface area contributed by atoms with Crippen LogP contribution in [0.4, 0.5) is 5.82 Å². The van der Waals surface area contributed by atoms with Crippen LogP contribution in [0.1, 0.15) is 25.2 Å². The molecule has 0 bridgehead atoms. The Morgan fingerprint density at radius 2 is 1.93 bits per heavy atom. The summed E-state index contributed by atoms with van der Waals surface area (Å²) in [4.78, 5) is 14.0. The van der Waals surface area contributed by atoms with Crippen LogP contribution in [-0.4, -0.2) is 76.9 Å². The molecule has 0 aromatic carbocycles. The normalized spacial score (nSPS) is 15.0. The minimum absolute atomic E-state index is 0. The van der Waals surface area contributed by atoms with E-state index >= 15 is 0 Å². The van der Waals surface area contributed by atoms with Crippen molar-refractivity contribution in [3.8, 4) is 0 Å². The summed E-state index contributed by atoms with van der Waals surface area (Å²) in [6.07, 6.45) is 4.59. The van der Waals surface area contributed by atoms with Gasteiger partial charge in [-0.2, -0.15) is 0 Å². The van der Waals surface area contributed by atoms with Gasteiger partial charge in [-0.05, 0) is 25.6 Å². The van der Waals surface area contributed by atoms with E-state index in [1.165, 1.54) is 0 Å². The topological polar surface area (TPSA) is 86.5 Å². The molecule has 2 N–H and O–H groups in total. The van der Waals surface area contributed by atoms with Crippen LogP contribution in [0.25, 0.3) is 0 Å². The predicted molar refractivity (Wildman–Crippen MR) is 132 cm³/mol. The number of pyridine rings is 1. The van der Waals surface area contributed by atoms with Gasteiger partial charge in [-0.1, -0.05) is 13.0 Å². The molecule has 3 heterocycles. The highest BCUT2D eigenvalue weighted by Gasteiger charge is 2.14. The number of aliphatic imine (C=N–C) groups is 1. The summed E-state index contributed by atoms with van der Waals surface area (Å²) in [5.41, 5.74) is 1.10. The third-order valence-corrected chi connectivity index (χ3v) is 5.06. The summed E-state index contributed by atoms with van der Waals surface area (Å²) in [7, 11) is 2.16. The SMILES string of the molecule is CCNC(=NCc1ccc(N2CCN(C)CC2)nc1)NCCn1cnnc1CC.I. The molecule has 0 spiro atoms. The van der Waals surface area contributed by atoms with Crippen molar-refractivity contribution in [1.29, 1.82) is 0 Å². The second-order valence-electron chi connectivity index (χ2n) is 7.23. The number of piperazine rings is 1. The molecule has 10 heteroatoms. The first-order chi connectivity index (χ1) is 14.2. The van der Waals surface area contributed by atoms with Gasteiger partial charge in [0, 0.05) is 58.4 Å². The molecule has 166 valence electrons. The molecule has 0 saturated carbocycles. The molecule has 9 nitrogen and oxygen atoms in total. The van der Waals surface area contributed by atoms with Crippen LogP contribution in [-0.2, 0) is 19.5 Å². The summed E-state index contributed by atoms with van der Waals surface area (Å²) in [6, 6.07) is 4.23.